The fourth-order valence-corrected chi connectivity index (χ4v) is 3.56. The molecule has 2 rings (SSSR count). The van der Waals surface area contributed by atoms with Crippen molar-refractivity contribution in [1.29, 1.82) is 0 Å². The predicted octanol–water partition coefficient (Wildman–Crippen LogP) is 5.52. The number of benzene rings is 2. The molecule has 0 fully saturated rings. The Kier molecular flexibility index (Phi) is 7.47. The summed E-state index contributed by atoms with van der Waals surface area (Å²) in [4.78, 5) is 12.0. The summed E-state index contributed by atoms with van der Waals surface area (Å²) in [7, 11) is 0. The Morgan fingerprint density at radius 1 is 1.15 bits per heavy atom. The van der Waals surface area contributed by atoms with Crippen LogP contribution in [0.1, 0.15) is 44.4 Å². The third-order valence-corrected chi connectivity index (χ3v) is 5.40. The Hall–Kier alpha value is -1.59. The molecule has 5 heteroatoms. The van der Waals surface area contributed by atoms with Gasteiger partial charge in [0.15, 0.2) is 0 Å². The van der Waals surface area contributed by atoms with E-state index >= 15 is 0 Å². The number of rotatable bonds is 6. The van der Waals surface area contributed by atoms with Crippen molar-refractivity contribution >= 4 is 39.3 Å². The molecule has 0 aliphatic heterocycles. The third kappa shape index (κ3) is 6.61. The van der Waals surface area contributed by atoms with Crippen LogP contribution in [0.2, 0.25) is 0 Å². The summed E-state index contributed by atoms with van der Waals surface area (Å²) < 4.78 is 1.05. The molecule has 2 aromatic carbocycles. The van der Waals surface area contributed by atoms with E-state index in [0.29, 0.717) is 5.75 Å². The molecule has 1 amide bonds. The van der Waals surface area contributed by atoms with Crippen LogP contribution >= 0.6 is 27.7 Å². The van der Waals surface area contributed by atoms with Gasteiger partial charge in [-0.2, -0.15) is 5.10 Å². The highest BCUT2D eigenvalue weighted by Crippen LogP contribution is 2.22. The van der Waals surface area contributed by atoms with Crippen molar-refractivity contribution in [3.05, 3.63) is 69.7 Å². The summed E-state index contributed by atoms with van der Waals surface area (Å²) >= 11 is 5.03. The van der Waals surface area contributed by atoms with E-state index in [9.17, 15) is 4.79 Å². The van der Waals surface area contributed by atoms with Gasteiger partial charge in [-0.3, -0.25) is 4.79 Å². The molecule has 0 unspecified atom stereocenters. The van der Waals surface area contributed by atoms with Crippen LogP contribution in [0.4, 0.5) is 0 Å². The molecular formula is C21H25BrN2OS. The van der Waals surface area contributed by atoms with Crippen LogP contribution in [-0.2, 0) is 16.0 Å². The van der Waals surface area contributed by atoms with Crippen LogP contribution in [0.25, 0.3) is 0 Å². The van der Waals surface area contributed by atoms with Crippen LogP contribution in [0.3, 0.4) is 0 Å². The Labute approximate surface area is 168 Å². The van der Waals surface area contributed by atoms with E-state index in [0.717, 1.165) is 21.5 Å². The molecule has 0 heterocycles. The van der Waals surface area contributed by atoms with E-state index in [2.05, 4.69) is 71.5 Å². The van der Waals surface area contributed by atoms with Gasteiger partial charge in [-0.05, 0) is 41.2 Å². The van der Waals surface area contributed by atoms with Crippen LogP contribution in [0.5, 0.6) is 0 Å². The van der Waals surface area contributed by atoms with E-state index < -0.39 is 0 Å². The van der Waals surface area contributed by atoms with Crippen molar-refractivity contribution in [3.63, 3.8) is 0 Å². The molecule has 1 N–H and O–H groups in total. The van der Waals surface area contributed by atoms with Crippen LogP contribution in [0, 0.1) is 0 Å². The number of carbonyl (C=O) groups excluding carboxylic acids is 1. The average Bonchev–Trinajstić information content (AvgIpc) is 2.59. The second-order valence-electron chi connectivity index (χ2n) is 7.18. The lowest BCUT2D eigenvalue weighted by Gasteiger charge is -2.19. The molecule has 0 aliphatic carbocycles. The number of halogens is 1. The van der Waals surface area contributed by atoms with E-state index in [1.165, 1.54) is 11.1 Å². The molecule has 3 nitrogen and oxygen atoms in total. The topological polar surface area (TPSA) is 41.5 Å². The number of hydrazone groups is 1. The molecule has 0 spiro atoms. The first kappa shape index (κ1) is 20.7. The standard InChI is InChI=1S/C21H25BrN2OS/c1-15(17-8-10-18(11-9-17)21(2,3)4)23-24-20(25)14-26-13-16-6-5-7-19(22)12-16/h5-12H,13-14H2,1-4H3,(H,24,25)/b23-15-. The normalized spacial score (nSPS) is 12.1. The third-order valence-electron chi connectivity index (χ3n) is 3.91. The molecular weight excluding hydrogens is 408 g/mol. The molecule has 2 aromatic rings. The SMILES string of the molecule is C/C(=N/NC(=O)CSCc1cccc(Br)c1)c1ccc(C(C)(C)C)cc1. The summed E-state index contributed by atoms with van der Waals surface area (Å²) in [5.74, 6) is 1.09. The van der Waals surface area contributed by atoms with Gasteiger partial charge in [-0.15, -0.1) is 11.8 Å². The lowest BCUT2D eigenvalue weighted by molar-refractivity contribution is -0.118. The van der Waals surface area contributed by atoms with Gasteiger partial charge >= 0.3 is 0 Å². The molecule has 138 valence electrons. The highest BCUT2D eigenvalue weighted by Gasteiger charge is 2.13. The van der Waals surface area contributed by atoms with Gasteiger partial charge in [0, 0.05) is 10.2 Å². The first-order chi connectivity index (χ1) is 12.3. The first-order valence-electron chi connectivity index (χ1n) is 8.52. The number of amides is 1. The quantitative estimate of drug-likeness (QED) is 0.482. The summed E-state index contributed by atoms with van der Waals surface area (Å²) in [6.07, 6.45) is 0. The summed E-state index contributed by atoms with van der Waals surface area (Å²) in [6.45, 7) is 8.47. The van der Waals surface area contributed by atoms with E-state index in [4.69, 9.17) is 0 Å². The van der Waals surface area contributed by atoms with Crippen molar-refractivity contribution in [2.45, 2.75) is 38.9 Å². The fraction of sp³-hybridized carbons (Fsp3) is 0.333. The van der Waals surface area contributed by atoms with Crippen molar-refractivity contribution < 1.29 is 4.79 Å². The molecule has 0 atom stereocenters. The monoisotopic (exact) mass is 432 g/mol. The highest BCUT2D eigenvalue weighted by molar-refractivity contribution is 9.10. The maximum atomic E-state index is 12.0. The minimum absolute atomic E-state index is 0.0874. The number of nitrogens with one attached hydrogen (secondary N) is 1. The van der Waals surface area contributed by atoms with Crippen molar-refractivity contribution in [3.8, 4) is 0 Å². The molecule has 0 saturated heterocycles. The maximum Gasteiger partial charge on any atom is 0.250 e. The smallest absolute Gasteiger partial charge is 0.250 e. The second-order valence-corrected chi connectivity index (χ2v) is 9.08. The maximum absolute atomic E-state index is 12.0. The summed E-state index contributed by atoms with van der Waals surface area (Å²) in [5.41, 5.74) is 7.06. The van der Waals surface area contributed by atoms with Gasteiger partial charge in [-0.1, -0.05) is 73.1 Å². The van der Waals surface area contributed by atoms with Gasteiger partial charge in [-0.25, -0.2) is 5.43 Å². The molecule has 0 bridgehead atoms. The fourth-order valence-electron chi connectivity index (χ4n) is 2.34. The molecule has 0 aromatic heterocycles. The second kappa shape index (κ2) is 9.38. The zero-order valence-corrected chi connectivity index (χ0v) is 18.1. The lowest BCUT2D eigenvalue weighted by Crippen LogP contribution is -2.21. The van der Waals surface area contributed by atoms with Crippen LogP contribution in [-0.4, -0.2) is 17.4 Å². The lowest BCUT2D eigenvalue weighted by atomic mass is 9.86. The van der Waals surface area contributed by atoms with Crippen molar-refractivity contribution in [2.75, 3.05) is 5.75 Å². The summed E-state index contributed by atoms with van der Waals surface area (Å²) in [6, 6.07) is 16.4. The Balaban J connectivity index is 1.83. The number of thioether (sulfide) groups is 1. The Morgan fingerprint density at radius 2 is 1.85 bits per heavy atom. The molecule has 0 radical (unpaired) electrons. The highest BCUT2D eigenvalue weighted by atomic mass is 79.9. The summed E-state index contributed by atoms with van der Waals surface area (Å²) in [5, 5.41) is 4.22. The van der Waals surface area contributed by atoms with Gasteiger partial charge in [0.2, 0.25) is 5.91 Å². The van der Waals surface area contributed by atoms with Gasteiger partial charge in [0.25, 0.3) is 0 Å². The van der Waals surface area contributed by atoms with E-state index in [1.807, 2.05) is 31.2 Å². The predicted molar refractivity (Wildman–Crippen MR) is 116 cm³/mol. The zero-order chi connectivity index (χ0) is 19.2. The van der Waals surface area contributed by atoms with Gasteiger partial charge < -0.3 is 0 Å². The number of carbonyl (C=O) groups is 1. The van der Waals surface area contributed by atoms with Crippen molar-refractivity contribution in [1.82, 2.24) is 5.43 Å². The number of nitrogens with zero attached hydrogens (tertiary/aromatic N) is 1. The van der Waals surface area contributed by atoms with Crippen molar-refractivity contribution in [2.24, 2.45) is 5.10 Å². The number of hydrogen-bond donors (Lipinski definition) is 1. The van der Waals surface area contributed by atoms with Gasteiger partial charge in [0.1, 0.15) is 0 Å². The van der Waals surface area contributed by atoms with E-state index in [-0.39, 0.29) is 11.3 Å². The molecule has 0 saturated carbocycles. The number of hydrogen-bond acceptors (Lipinski definition) is 3. The Bertz CT molecular complexity index is 779. The minimum Gasteiger partial charge on any atom is -0.272 e. The first-order valence-corrected chi connectivity index (χ1v) is 10.5. The van der Waals surface area contributed by atoms with Crippen LogP contribution < -0.4 is 5.43 Å². The largest absolute Gasteiger partial charge is 0.272 e. The molecule has 0 aliphatic rings. The minimum atomic E-state index is -0.0874. The zero-order valence-electron chi connectivity index (χ0n) is 15.7. The molecule has 26 heavy (non-hydrogen) atoms. The van der Waals surface area contributed by atoms with Gasteiger partial charge in [0.05, 0.1) is 11.5 Å². The average molecular weight is 433 g/mol. The van der Waals surface area contributed by atoms with Crippen LogP contribution in [0.15, 0.2) is 58.1 Å². The van der Waals surface area contributed by atoms with E-state index in [1.54, 1.807) is 11.8 Å². The Morgan fingerprint density at radius 3 is 2.46 bits per heavy atom.